The first-order valence-corrected chi connectivity index (χ1v) is 11.3. The zero-order valence-corrected chi connectivity index (χ0v) is 20.1. The number of imidazole rings is 1. The molecule has 0 aromatic carbocycles. The number of aliphatic hydroxyl groups excluding tert-OH is 2. The number of nitrogens with zero attached hydrogens (tertiary/aromatic N) is 3. The van der Waals surface area contributed by atoms with Crippen molar-refractivity contribution in [3.63, 3.8) is 0 Å². The Kier molecular flexibility index (Phi) is 6.24. The quantitative estimate of drug-likeness (QED) is 0.321. The molecule has 13 heteroatoms. The van der Waals surface area contributed by atoms with Gasteiger partial charge in [0, 0.05) is 17.7 Å². The fourth-order valence-corrected chi connectivity index (χ4v) is 6.85. The smallest absolute Gasteiger partial charge is 0.543 e. The molecule has 30 heavy (non-hydrogen) atoms. The number of amides is 1. The van der Waals surface area contributed by atoms with Crippen LogP contribution in [0.5, 0.6) is 0 Å². The molecule has 0 saturated carbocycles. The van der Waals surface area contributed by atoms with Gasteiger partial charge in [0.1, 0.15) is 11.2 Å². The van der Waals surface area contributed by atoms with Gasteiger partial charge in [-0.05, 0) is 6.92 Å². The number of aromatic nitrogens is 2. The molecule has 10 nitrogen and oxygen atoms in total. The summed E-state index contributed by atoms with van der Waals surface area (Å²) in [6.07, 6.45) is 1.94. The van der Waals surface area contributed by atoms with E-state index in [1.54, 1.807) is 13.1 Å². The zero-order valence-electron chi connectivity index (χ0n) is 16.5. The number of thiazole rings is 1. The van der Waals surface area contributed by atoms with Crippen molar-refractivity contribution in [3.8, 4) is 0 Å². The minimum Gasteiger partial charge on any atom is -0.543 e. The molecule has 4 atom stereocenters. The maximum absolute atomic E-state index is 12.4. The SMILES string of the molecule is C[C@@H](O)[C@H]1C(=O)N2C(C(=O)[O-])=C(c3cn4cnc(S(=O)(=O)CCO)c4s3)[C@H](C)[C@H]12.[Na+]. The molecule has 2 aliphatic heterocycles. The second-order valence-electron chi connectivity index (χ2n) is 7.20. The fraction of sp³-hybridized carbons (Fsp3) is 0.471. The monoisotopic (exact) mass is 463 g/mol. The van der Waals surface area contributed by atoms with E-state index in [0.717, 1.165) is 16.2 Å². The van der Waals surface area contributed by atoms with Crippen LogP contribution in [-0.4, -0.2) is 69.3 Å². The number of aliphatic carboxylic acids is 1. The minimum atomic E-state index is -3.80. The minimum absolute atomic E-state index is 0. The number of hydrogen-bond acceptors (Lipinski definition) is 9. The molecule has 4 rings (SSSR count). The standard InChI is InChI=1S/C17H19N3O7S2.Na/c1-7-10(13(17(24)25)20-12(7)11(8(2)22)15(20)23)9-5-19-6-18-14(16(19)28-9)29(26,27)4-3-21;/h5-8,11-12,21-22H,3-4H2,1-2H3,(H,24,25);/q;+1/p-1/t7-,8+,11+,12+;/m0./s1. The first-order valence-electron chi connectivity index (χ1n) is 8.87. The molecule has 0 aliphatic carbocycles. The maximum Gasteiger partial charge on any atom is 1.00 e. The molecule has 4 heterocycles. The van der Waals surface area contributed by atoms with Gasteiger partial charge < -0.3 is 25.0 Å². The number of hydrogen-bond donors (Lipinski definition) is 2. The molecule has 0 radical (unpaired) electrons. The molecule has 1 fully saturated rings. The summed E-state index contributed by atoms with van der Waals surface area (Å²) in [6, 6.07) is -0.498. The Morgan fingerprint density at radius 3 is 2.67 bits per heavy atom. The largest absolute Gasteiger partial charge is 1.00 e. The van der Waals surface area contributed by atoms with E-state index in [0.29, 0.717) is 15.3 Å². The average molecular weight is 463 g/mol. The van der Waals surface area contributed by atoms with Gasteiger partial charge in [-0.2, -0.15) is 0 Å². The van der Waals surface area contributed by atoms with E-state index in [-0.39, 0.29) is 40.3 Å². The number of fused-ring (bicyclic) bond motifs is 2. The molecular weight excluding hydrogens is 445 g/mol. The predicted octanol–water partition coefficient (Wildman–Crippen LogP) is -4.52. The summed E-state index contributed by atoms with van der Waals surface area (Å²) in [6.45, 7) is 2.71. The van der Waals surface area contributed by atoms with Crippen LogP contribution in [0.25, 0.3) is 10.4 Å². The van der Waals surface area contributed by atoms with E-state index in [9.17, 15) is 28.2 Å². The van der Waals surface area contributed by atoms with Crippen molar-refractivity contribution < 1.29 is 62.9 Å². The van der Waals surface area contributed by atoms with Gasteiger partial charge in [0.2, 0.25) is 15.7 Å². The second-order valence-corrected chi connectivity index (χ2v) is 10.3. The Hall–Kier alpha value is -1.28. The molecule has 2 aromatic heterocycles. The summed E-state index contributed by atoms with van der Waals surface area (Å²) >= 11 is 1.04. The van der Waals surface area contributed by atoms with Crippen molar-refractivity contribution in [3.05, 3.63) is 23.1 Å². The van der Waals surface area contributed by atoms with Gasteiger partial charge in [0.15, 0.2) is 5.03 Å². The van der Waals surface area contributed by atoms with Crippen LogP contribution < -0.4 is 34.7 Å². The number of sulfone groups is 1. The van der Waals surface area contributed by atoms with Crippen molar-refractivity contribution in [2.24, 2.45) is 11.8 Å². The van der Waals surface area contributed by atoms with E-state index in [2.05, 4.69) is 4.98 Å². The van der Waals surface area contributed by atoms with Crippen LogP contribution in [-0.2, 0) is 19.4 Å². The molecule has 2 aliphatic rings. The van der Waals surface area contributed by atoms with E-state index in [1.165, 1.54) is 17.7 Å². The molecule has 0 bridgehead atoms. The molecular formula is C17H18N3NaO7S2. The third kappa shape index (κ3) is 3.25. The first-order chi connectivity index (χ1) is 13.6. The summed E-state index contributed by atoms with van der Waals surface area (Å²) in [5.74, 6) is -3.55. The number of aliphatic hydroxyl groups is 2. The molecule has 0 spiro atoms. The summed E-state index contributed by atoms with van der Waals surface area (Å²) in [7, 11) is -3.80. The van der Waals surface area contributed by atoms with Crippen molar-refractivity contribution >= 4 is 43.5 Å². The zero-order chi connectivity index (χ0) is 21.2. The van der Waals surface area contributed by atoms with Crippen molar-refractivity contribution in [1.82, 2.24) is 14.3 Å². The number of carboxylic acids is 1. The van der Waals surface area contributed by atoms with Crippen LogP contribution in [0.3, 0.4) is 0 Å². The molecule has 156 valence electrons. The predicted molar refractivity (Wildman–Crippen MR) is 99.1 cm³/mol. The van der Waals surface area contributed by atoms with Crippen LogP contribution in [0.2, 0.25) is 0 Å². The van der Waals surface area contributed by atoms with Gasteiger partial charge in [-0.15, -0.1) is 11.3 Å². The number of rotatable bonds is 6. The molecule has 1 amide bonds. The Morgan fingerprint density at radius 2 is 2.10 bits per heavy atom. The van der Waals surface area contributed by atoms with Crippen LogP contribution in [0.1, 0.15) is 18.7 Å². The summed E-state index contributed by atoms with van der Waals surface area (Å²) < 4.78 is 26.1. The van der Waals surface area contributed by atoms with E-state index >= 15 is 0 Å². The second kappa shape index (κ2) is 8.01. The summed E-state index contributed by atoms with van der Waals surface area (Å²) in [5, 5.41) is 30.6. The van der Waals surface area contributed by atoms with Gasteiger partial charge in [-0.25, -0.2) is 13.4 Å². The Morgan fingerprint density at radius 1 is 1.43 bits per heavy atom. The van der Waals surface area contributed by atoms with Crippen LogP contribution in [0, 0.1) is 11.8 Å². The van der Waals surface area contributed by atoms with Gasteiger partial charge in [0.05, 0.1) is 47.0 Å². The molecule has 2 N–H and O–H groups in total. The Balaban J connectivity index is 0.00000256. The number of β-lactam (4-membered cyclic amide) rings is 1. The van der Waals surface area contributed by atoms with Crippen LogP contribution >= 0.6 is 11.3 Å². The molecule has 0 unspecified atom stereocenters. The van der Waals surface area contributed by atoms with E-state index in [1.807, 2.05) is 0 Å². The topological polar surface area (TPSA) is 152 Å². The number of carboxylic acid groups (broad SMARTS) is 1. The molecule has 2 aromatic rings. The average Bonchev–Trinajstić information content (AvgIpc) is 3.24. The molecule has 1 saturated heterocycles. The third-order valence-corrected chi connectivity index (χ3v) is 8.35. The number of carbonyl (C=O) groups excluding carboxylic acids is 2. The Labute approximate surface area is 198 Å². The summed E-state index contributed by atoms with van der Waals surface area (Å²) in [5.41, 5.74) is 0.118. The van der Waals surface area contributed by atoms with Gasteiger partial charge in [-0.3, -0.25) is 9.20 Å². The normalized spacial score (nSPS) is 24.6. The van der Waals surface area contributed by atoms with Gasteiger partial charge in [0.25, 0.3) is 0 Å². The fourth-order valence-electron chi connectivity index (χ4n) is 4.22. The van der Waals surface area contributed by atoms with Crippen molar-refractivity contribution in [2.75, 3.05) is 12.4 Å². The first kappa shape index (κ1) is 23.4. The van der Waals surface area contributed by atoms with Crippen molar-refractivity contribution in [2.45, 2.75) is 31.0 Å². The summed E-state index contributed by atoms with van der Waals surface area (Å²) in [4.78, 5) is 30.1. The van der Waals surface area contributed by atoms with E-state index in [4.69, 9.17) is 5.11 Å². The number of carbonyl (C=O) groups is 2. The Bertz CT molecular complexity index is 1170. The maximum atomic E-state index is 12.4. The van der Waals surface area contributed by atoms with E-state index < -0.39 is 58.1 Å². The van der Waals surface area contributed by atoms with Gasteiger partial charge >= 0.3 is 29.6 Å². The van der Waals surface area contributed by atoms with Crippen LogP contribution in [0.4, 0.5) is 0 Å². The van der Waals surface area contributed by atoms with Crippen molar-refractivity contribution in [1.29, 1.82) is 0 Å². The van der Waals surface area contributed by atoms with Gasteiger partial charge in [-0.1, -0.05) is 6.92 Å². The van der Waals surface area contributed by atoms with Crippen LogP contribution in [0.15, 0.2) is 23.2 Å². The third-order valence-electron chi connectivity index (χ3n) is 5.47.